The standard InChI is InChI=1S/C12H15BrFNS/c1-15(10-5-6-16-8-10)7-9-3-2-4-11(14)12(9)13/h2-4,10H,5-8H2,1H3. The summed E-state index contributed by atoms with van der Waals surface area (Å²) in [5, 5.41) is 0. The molecule has 0 N–H and O–H groups in total. The van der Waals surface area contributed by atoms with Gasteiger partial charge in [-0.15, -0.1) is 0 Å². The predicted octanol–water partition coefficient (Wildman–Crippen LogP) is 3.53. The number of rotatable bonds is 3. The maximum Gasteiger partial charge on any atom is 0.137 e. The van der Waals surface area contributed by atoms with Crippen LogP contribution in [0.1, 0.15) is 12.0 Å². The molecule has 1 aliphatic heterocycles. The van der Waals surface area contributed by atoms with Gasteiger partial charge in [0.15, 0.2) is 0 Å². The van der Waals surface area contributed by atoms with Gasteiger partial charge in [0, 0.05) is 18.3 Å². The number of nitrogens with zero attached hydrogens (tertiary/aromatic N) is 1. The molecule has 16 heavy (non-hydrogen) atoms. The number of hydrogen-bond donors (Lipinski definition) is 0. The van der Waals surface area contributed by atoms with E-state index in [1.165, 1.54) is 24.0 Å². The first kappa shape index (κ1) is 12.4. The highest BCUT2D eigenvalue weighted by atomic mass is 79.9. The minimum Gasteiger partial charge on any atom is -0.298 e. The van der Waals surface area contributed by atoms with Crippen molar-refractivity contribution in [2.45, 2.75) is 19.0 Å². The average molecular weight is 304 g/mol. The lowest BCUT2D eigenvalue weighted by atomic mass is 10.1. The van der Waals surface area contributed by atoms with Gasteiger partial charge >= 0.3 is 0 Å². The van der Waals surface area contributed by atoms with Crippen LogP contribution in [-0.2, 0) is 6.54 Å². The van der Waals surface area contributed by atoms with E-state index in [9.17, 15) is 4.39 Å². The molecular formula is C12H15BrFNS. The van der Waals surface area contributed by atoms with Gasteiger partial charge in [0.2, 0.25) is 0 Å². The zero-order valence-electron chi connectivity index (χ0n) is 9.25. The van der Waals surface area contributed by atoms with E-state index in [2.05, 4.69) is 27.9 Å². The fraction of sp³-hybridized carbons (Fsp3) is 0.500. The minimum absolute atomic E-state index is 0.174. The summed E-state index contributed by atoms with van der Waals surface area (Å²) in [6.45, 7) is 0.809. The van der Waals surface area contributed by atoms with E-state index in [1.807, 2.05) is 17.8 Å². The van der Waals surface area contributed by atoms with Crippen LogP contribution < -0.4 is 0 Å². The maximum atomic E-state index is 13.3. The molecule has 1 fully saturated rings. The molecule has 2 rings (SSSR count). The second-order valence-corrected chi connectivity index (χ2v) is 6.09. The summed E-state index contributed by atoms with van der Waals surface area (Å²) in [5.41, 5.74) is 1.03. The third kappa shape index (κ3) is 2.79. The van der Waals surface area contributed by atoms with Crippen LogP contribution in [0.4, 0.5) is 4.39 Å². The Labute approximate surface area is 109 Å². The van der Waals surface area contributed by atoms with Crippen LogP contribution in [-0.4, -0.2) is 29.5 Å². The smallest absolute Gasteiger partial charge is 0.137 e. The Bertz CT molecular complexity index is 366. The Morgan fingerprint density at radius 3 is 3.06 bits per heavy atom. The normalized spacial score (nSPS) is 20.6. The van der Waals surface area contributed by atoms with Gasteiger partial charge in [-0.25, -0.2) is 4.39 Å². The summed E-state index contributed by atoms with van der Waals surface area (Å²) in [7, 11) is 2.12. The van der Waals surface area contributed by atoms with E-state index in [4.69, 9.17) is 0 Å². The van der Waals surface area contributed by atoms with E-state index in [-0.39, 0.29) is 5.82 Å². The molecule has 1 unspecified atom stereocenters. The zero-order valence-corrected chi connectivity index (χ0v) is 11.7. The van der Waals surface area contributed by atoms with E-state index < -0.39 is 0 Å². The van der Waals surface area contributed by atoms with Crippen molar-refractivity contribution in [2.24, 2.45) is 0 Å². The van der Waals surface area contributed by atoms with E-state index in [1.54, 1.807) is 6.07 Å². The first-order chi connectivity index (χ1) is 7.68. The molecular weight excluding hydrogens is 289 g/mol. The molecule has 0 spiro atoms. The van der Waals surface area contributed by atoms with E-state index >= 15 is 0 Å². The van der Waals surface area contributed by atoms with Crippen molar-refractivity contribution in [2.75, 3.05) is 18.6 Å². The Kier molecular flexibility index (Phi) is 4.27. The first-order valence-corrected chi connectivity index (χ1v) is 7.34. The van der Waals surface area contributed by atoms with Crippen LogP contribution in [0.5, 0.6) is 0 Å². The fourth-order valence-electron chi connectivity index (χ4n) is 1.94. The van der Waals surface area contributed by atoms with Gasteiger partial charge in [-0.1, -0.05) is 12.1 Å². The molecule has 0 bridgehead atoms. The molecule has 0 aromatic heterocycles. The molecule has 1 atom stereocenters. The van der Waals surface area contributed by atoms with Crippen molar-refractivity contribution in [3.05, 3.63) is 34.1 Å². The van der Waals surface area contributed by atoms with Crippen LogP contribution in [0.15, 0.2) is 22.7 Å². The molecule has 1 aliphatic rings. The molecule has 1 nitrogen and oxygen atoms in total. The molecule has 1 heterocycles. The van der Waals surface area contributed by atoms with Crippen molar-refractivity contribution < 1.29 is 4.39 Å². The Morgan fingerprint density at radius 2 is 2.38 bits per heavy atom. The lowest BCUT2D eigenvalue weighted by Crippen LogP contribution is -2.31. The van der Waals surface area contributed by atoms with Crippen molar-refractivity contribution in [1.29, 1.82) is 0 Å². The highest BCUT2D eigenvalue weighted by Gasteiger charge is 2.20. The SMILES string of the molecule is CN(Cc1cccc(F)c1Br)C1CCSC1. The number of hydrogen-bond acceptors (Lipinski definition) is 2. The Balaban J connectivity index is 2.05. The molecule has 0 saturated carbocycles. The Hall–Kier alpha value is -0.0600. The third-order valence-electron chi connectivity index (χ3n) is 2.98. The van der Waals surface area contributed by atoms with Crippen molar-refractivity contribution in [3.8, 4) is 0 Å². The van der Waals surface area contributed by atoms with Gasteiger partial charge in [0.25, 0.3) is 0 Å². The molecule has 1 aromatic rings. The molecule has 1 saturated heterocycles. The highest BCUT2D eigenvalue weighted by Crippen LogP contribution is 2.25. The highest BCUT2D eigenvalue weighted by molar-refractivity contribution is 9.10. The second kappa shape index (κ2) is 5.52. The van der Waals surface area contributed by atoms with Gasteiger partial charge in [-0.05, 0) is 46.8 Å². The van der Waals surface area contributed by atoms with Crippen molar-refractivity contribution in [1.82, 2.24) is 4.90 Å². The van der Waals surface area contributed by atoms with Gasteiger partial charge in [-0.2, -0.15) is 11.8 Å². The summed E-state index contributed by atoms with van der Waals surface area (Å²) in [4.78, 5) is 2.32. The zero-order chi connectivity index (χ0) is 11.5. The van der Waals surface area contributed by atoms with Gasteiger partial charge in [-0.3, -0.25) is 4.90 Å². The first-order valence-electron chi connectivity index (χ1n) is 5.39. The predicted molar refractivity (Wildman–Crippen MR) is 71.3 cm³/mol. The topological polar surface area (TPSA) is 3.24 Å². The van der Waals surface area contributed by atoms with Gasteiger partial charge in [0.05, 0.1) is 4.47 Å². The summed E-state index contributed by atoms with van der Waals surface area (Å²) in [6.07, 6.45) is 1.24. The van der Waals surface area contributed by atoms with E-state index in [0.717, 1.165) is 12.1 Å². The second-order valence-electron chi connectivity index (χ2n) is 4.15. The number of benzene rings is 1. The molecule has 0 radical (unpaired) electrons. The molecule has 4 heteroatoms. The van der Waals surface area contributed by atoms with Crippen LogP contribution in [0.2, 0.25) is 0 Å². The lowest BCUT2D eigenvalue weighted by molar-refractivity contribution is 0.253. The van der Waals surface area contributed by atoms with Gasteiger partial charge in [0.1, 0.15) is 5.82 Å². The summed E-state index contributed by atoms with van der Waals surface area (Å²) in [5.74, 6) is 2.27. The monoisotopic (exact) mass is 303 g/mol. The molecule has 88 valence electrons. The van der Waals surface area contributed by atoms with Crippen LogP contribution in [0.25, 0.3) is 0 Å². The molecule has 1 aromatic carbocycles. The summed E-state index contributed by atoms with van der Waals surface area (Å²) in [6, 6.07) is 5.87. The molecule has 0 amide bonds. The summed E-state index contributed by atoms with van der Waals surface area (Å²) >= 11 is 5.31. The number of halogens is 2. The lowest BCUT2D eigenvalue weighted by Gasteiger charge is -2.24. The Morgan fingerprint density at radius 1 is 1.56 bits per heavy atom. The summed E-state index contributed by atoms with van der Waals surface area (Å²) < 4.78 is 13.9. The molecule has 0 aliphatic carbocycles. The maximum absolute atomic E-state index is 13.3. The van der Waals surface area contributed by atoms with Crippen molar-refractivity contribution >= 4 is 27.7 Å². The minimum atomic E-state index is -0.174. The van der Waals surface area contributed by atoms with E-state index in [0.29, 0.717) is 10.5 Å². The third-order valence-corrected chi connectivity index (χ3v) is 5.01. The van der Waals surface area contributed by atoms with Crippen LogP contribution in [0, 0.1) is 5.82 Å². The largest absolute Gasteiger partial charge is 0.298 e. The number of thioether (sulfide) groups is 1. The van der Waals surface area contributed by atoms with Gasteiger partial charge < -0.3 is 0 Å². The van der Waals surface area contributed by atoms with Crippen molar-refractivity contribution in [3.63, 3.8) is 0 Å². The van der Waals surface area contributed by atoms with Crippen LogP contribution >= 0.6 is 27.7 Å². The fourth-order valence-corrected chi connectivity index (χ4v) is 3.63. The van der Waals surface area contributed by atoms with Crippen LogP contribution in [0.3, 0.4) is 0 Å². The quantitative estimate of drug-likeness (QED) is 0.840. The average Bonchev–Trinajstić information content (AvgIpc) is 2.78.